The van der Waals surface area contributed by atoms with E-state index in [2.05, 4.69) is 24.5 Å². The molecule has 0 unspecified atom stereocenters. The van der Waals surface area contributed by atoms with Crippen LogP contribution in [-0.2, 0) is 16.0 Å². The largest absolute Gasteiger partial charge is 0.484 e. The van der Waals surface area contributed by atoms with E-state index in [0.717, 1.165) is 5.56 Å². The molecule has 30 heavy (non-hydrogen) atoms. The van der Waals surface area contributed by atoms with E-state index in [1.807, 2.05) is 54.6 Å². The number of rotatable bonds is 8. The molecule has 3 rings (SSSR count). The zero-order valence-electron chi connectivity index (χ0n) is 17.2. The summed E-state index contributed by atoms with van der Waals surface area (Å²) in [6.45, 7) is 4.18. The fraction of sp³-hybridized carbons (Fsp3) is 0.200. The van der Waals surface area contributed by atoms with E-state index < -0.39 is 0 Å². The van der Waals surface area contributed by atoms with Gasteiger partial charge in [0.2, 0.25) is 5.91 Å². The smallest absolute Gasteiger partial charge is 0.262 e. The molecule has 0 atom stereocenters. The molecule has 2 N–H and O–H groups in total. The highest BCUT2D eigenvalue weighted by Crippen LogP contribution is 2.19. The zero-order valence-corrected chi connectivity index (χ0v) is 17.2. The zero-order chi connectivity index (χ0) is 21.3. The third kappa shape index (κ3) is 6.48. The topological polar surface area (TPSA) is 67.4 Å². The number of ether oxygens (including phenoxy) is 1. The Labute approximate surface area is 177 Å². The van der Waals surface area contributed by atoms with Gasteiger partial charge < -0.3 is 15.4 Å². The first-order valence-corrected chi connectivity index (χ1v) is 9.96. The van der Waals surface area contributed by atoms with Crippen molar-refractivity contribution in [1.29, 1.82) is 0 Å². The van der Waals surface area contributed by atoms with Gasteiger partial charge in [-0.2, -0.15) is 0 Å². The molecule has 0 aromatic heterocycles. The van der Waals surface area contributed by atoms with Crippen molar-refractivity contribution in [2.45, 2.75) is 26.2 Å². The molecule has 0 bridgehead atoms. The molecule has 0 heterocycles. The van der Waals surface area contributed by atoms with Gasteiger partial charge in [-0.25, -0.2) is 0 Å². The maximum atomic E-state index is 12.1. The SMILES string of the molecule is CC(C)c1ccc(OCC(=O)Nc2ccc(NC(=O)Cc3ccccc3)cc2)cc1. The Bertz CT molecular complexity index is 966. The van der Waals surface area contributed by atoms with Crippen molar-refractivity contribution in [2.24, 2.45) is 0 Å². The number of carbonyl (C=O) groups excluding carboxylic acids is 2. The lowest BCUT2D eigenvalue weighted by Crippen LogP contribution is -2.20. The Hall–Kier alpha value is -3.60. The molecule has 3 aromatic carbocycles. The van der Waals surface area contributed by atoms with Crippen molar-refractivity contribution in [2.75, 3.05) is 17.2 Å². The summed E-state index contributed by atoms with van der Waals surface area (Å²) in [5.41, 5.74) is 3.50. The summed E-state index contributed by atoms with van der Waals surface area (Å²) in [5, 5.41) is 5.64. The first-order chi connectivity index (χ1) is 14.5. The van der Waals surface area contributed by atoms with Gasteiger partial charge in [-0.15, -0.1) is 0 Å². The summed E-state index contributed by atoms with van der Waals surface area (Å²) in [7, 11) is 0. The van der Waals surface area contributed by atoms with Gasteiger partial charge in [-0.05, 0) is 53.4 Å². The van der Waals surface area contributed by atoms with Crippen LogP contribution in [0.1, 0.15) is 30.9 Å². The predicted molar refractivity (Wildman–Crippen MR) is 120 cm³/mol. The van der Waals surface area contributed by atoms with E-state index in [0.29, 0.717) is 29.5 Å². The van der Waals surface area contributed by atoms with Crippen LogP contribution in [-0.4, -0.2) is 18.4 Å². The Morgan fingerprint density at radius 1 is 0.767 bits per heavy atom. The van der Waals surface area contributed by atoms with Crippen molar-refractivity contribution in [3.05, 3.63) is 90.0 Å². The van der Waals surface area contributed by atoms with Crippen LogP contribution in [0.4, 0.5) is 11.4 Å². The third-order valence-corrected chi connectivity index (χ3v) is 4.58. The van der Waals surface area contributed by atoms with Crippen molar-refractivity contribution in [3.8, 4) is 5.75 Å². The fourth-order valence-electron chi connectivity index (χ4n) is 2.92. The molecule has 3 aromatic rings. The molecule has 0 fully saturated rings. The van der Waals surface area contributed by atoms with Crippen LogP contribution in [0.2, 0.25) is 0 Å². The molecule has 0 spiro atoms. The van der Waals surface area contributed by atoms with Gasteiger partial charge in [0.1, 0.15) is 5.75 Å². The van der Waals surface area contributed by atoms with Crippen LogP contribution in [0.3, 0.4) is 0 Å². The van der Waals surface area contributed by atoms with Crippen LogP contribution >= 0.6 is 0 Å². The van der Waals surface area contributed by atoms with E-state index in [9.17, 15) is 9.59 Å². The van der Waals surface area contributed by atoms with E-state index in [1.54, 1.807) is 24.3 Å². The summed E-state index contributed by atoms with van der Waals surface area (Å²) < 4.78 is 5.54. The summed E-state index contributed by atoms with van der Waals surface area (Å²) in [6.07, 6.45) is 0.314. The van der Waals surface area contributed by atoms with Crippen LogP contribution in [0.25, 0.3) is 0 Å². The normalized spacial score (nSPS) is 10.5. The summed E-state index contributed by atoms with van der Waals surface area (Å²) in [5.74, 6) is 0.776. The minimum Gasteiger partial charge on any atom is -0.484 e. The molecule has 5 heteroatoms. The molecular formula is C25H26N2O3. The Balaban J connectivity index is 1.45. The molecule has 0 radical (unpaired) electrons. The molecule has 2 amide bonds. The lowest BCUT2D eigenvalue weighted by atomic mass is 10.0. The average Bonchev–Trinajstić information content (AvgIpc) is 2.74. The third-order valence-electron chi connectivity index (χ3n) is 4.58. The molecule has 0 aliphatic heterocycles. The molecule has 154 valence electrons. The molecule has 5 nitrogen and oxygen atoms in total. The van der Waals surface area contributed by atoms with Gasteiger partial charge in [-0.1, -0.05) is 56.3 Å². The number of anilines is 2. The van der Waals surface area contributed by atoms with Gasteiger partial charge in [0, 0.05) is 11.4 Å². The lowest BCUT2D eigenvalue weighted by Gasteiger charge is -2.10. The molecule has 0 saturated heterocycles. The highest BCUT2D eigenvalue weighted by atomic mass is 16.5. The van der Waals surface area contributed by atoms with Gasteiger partial charge in [-0.3, -0.25) is 9.59 Å². The number of hydrogen-bond donors (Lipinski definition) is 2. The minimum absolute atomic E-state index is 0.0728. The van der Waals surface area contributed by atoms with E-state index in [1.165, 1.54) is 5.56 Å². The summed E-state index contributed by atoms with van der Waals surface area (Å²) in [6, 6.07) is 24.3. The second kappa shape index (κ2) is 10.3. The minimum atomic E-state index is -0.246. The number of benzene rings is 3. The number of amides is 2. The quantitative estimate of drug-likeness (QED) is 0.557. The van der Waals surface area contributed by atoms with Gasteiger partial charge in [0.15, 0.2) is 6.61 Å². The first-order valence-electron chi connectivity index (χ1n) is 9.96. The summed E-state index contributed by atoms with van der Waals surface area (Å²) in [4.78, 5) is 24.2. The maximum absolute atomic E-state index is 12.1. The number of hydrogen-bond acceptors (Lipinski definition) is 3. The van der Waals surface area contributed by atoms with Gasteiger partial charge in [0.25, 0.3) is 5.91 Å². The second-order valence-corrected chi connectivity index (χ2v) is 7.35. The van der Waals surface area contributed by atoms with Crippen molar-refractivity contribution in [3.63, 3.8) is 0 Å². The predicted octanol–water partition coefficient (Wildman–Crippen LogP) is 5.01. The first kappa shape index (κ1) is 21.1. The Morgan fingerprint density at radius 3 is 1.90 bits per heavy atom. The molecule has 0 saturated carbocycles. The monoisotopic (exact) mass is 402 g/mol. The van der Waals surface area contributed by atoms with Crippen LogP contribution in [0, 0.1) is 0 Å². The van der Waals surface area contributed by atoms with E-state index in [-0.39, 0.29) is 18.4 Å². The Kier molecular flexibility index (Phi) is 7.22. The number of carbonyl (C=O) groups is 2. The fourth-order valence-corrected chi connectivity index (χ4v) is 2.92. The molecule has 0 aliphatic rings. The van der Waals surface area contributed by atoms with E-state index in [4.69, 9.17) is 4.74 Å². The van der Waals surface area contributed by atoms with Crippen molar-refractivity contribution < 1.29 is 14.3 Å². The van der Waals surface area contributed by atoms with Crippen LogP contribution in [0.5, 0.6) is 5.75 Å². The summed E-state index contributed by atoms with van der Waals surface area (Å²) >= 11 is 0. The Morgan fingerprint density at radius 2 is 1.33 bits per heavy atom. The van der Waals surface area contributed by atoms with Crippen LogP contribution in [0.15, 0.2) is 78.9 Å². The van der Waals surface area contributed by atoms with Gasteiger partial charge >= 0.3 is 0 Å². The average molecular weight is 402 g/mol. The number of nitrogens with one attached hydrogen (secondary N) is 2. The van der Waals surface area contributed by atoms with E-state index >= 15 is 0 Å². The highest BCUT2D eigenvalue weighted by molar-refractivity contribution is 5.94. The lowest BCUT2D eigenvalue weighted by molar-refractivity contribution is -0.118. The molecular weight excluding hydrogens is 376 g/mol. The second-order valence-electron chi connectivity index (χ2n) is 7.35. The van der Waals surface area contributed by atoms with Crippen LogP contribution < -0.4 is 15.4 Å². The van der Waals surface area contributed by atoms with Gasteiger partial charge in [0.05, 0.1) is 6.42 Å². The van der Waals surface area contributed by atoms with Crippen molar-refractivity contribution >= 4 is 23.2 Å². The standard InChI is InChI=1S/C25H26N2O3/c1-18(2)20-8-14-23(15-9-20)30-17-25(29)27-22-12-10-21(11-13-22)26-24(28)16-19-6-4-3-5-7-19/h3-15,18H,16-17H2,1-2H3,(H,26,28)(H,27,29). The maximum Gasteiger partial charge on any atom is 0.262 e. The van der Waals surface area contributed by atoms with Crippen molar-refractivity contribution in [1.82, 2.24) is 0 Å². The highest BCUT2D eigenvalue weighted by Gasteiger charge is 2.07. The molecule has 0 aliphatic carbocycles.